The molecule has 372 valence electrons. The highest BCUT2D eigenvalue weighted by molar-refractivity contribution is 5.78. The predicted molar refractivity (Wildman–Crippen MR) is 286 cm³/mol. The molecular formula is C60H97NO5. The van der Waals surface area contributed by atoms with Gasteiger partial charge in [-0.2, -0.15) is 0 Å². The highest BCUT2D eigenvalue weighted by Gasteiger charge is 2.23. The van der Waals surface area contributed by atoms with Gasteiger partial charge in [0.2, 0.25) is 5.91 Å². The average molecular weight is 912 g/mol. The summed E-state index contributed by atoms with van der Waals surface area (Å²) in [4.78, 5) is 26.1. The minimum Gasteiger partial charge on any atom is -0.458 e. The number of allylic oxidation sites excluding steroid dienone is 21. The first-order valence-electron chi connectivity index (χ1n) is 26.5. The summed E-state index contributed by atoms with van der Waals surface area (Å²) in [5.41, 5.74) is 0. The van der Waals surface area contributed by atoms with Crippen molar-refractivity contribution in [2.75, 3.05) is 6.61 Å². The Labute approximate surface area is 405 Å². The molecule has 0 heterocycles. The van der Waals surface area contributed by atoms with Gasteiger partial charge in [0.25, 0.3) is 0 Å². The predicted octanol–water partition coefficient (Wildman–Crippen LogP) is 16.2. The summed E-state index contributed by atoms with van der Waals surface area (Å²) in [7, 11) is 0. The number of hydrogen-bond acceptors (Lipinski definition) is 5. The van der Waals surface area contributed by atoms with Crippen LogP contribution < -0.4 is 5.32 Å². The van der Waals surface area contributed by atoms with Crippen molar-refractivity contribution in [3.8, 4) is 0 Å². The molecule has 6 heteroatoms. The summed E-state index contributed by atoms with van der Waals surface area (Å²) in [6.45, 7) is 6.17. The average Bonchev–Trinajstić information content (AvgIpc) is 3.31. The number of esters is 1. The van der Waals surface area contributed by atoms with Crippen molar-refractivity contribution in [3.05, 3.63) is 134 Å². The van der Waals surface area contributed by atoms with Crippen LogP contribution in [0.5, 0.6) is 0 Å². The quantitative estimate of drug-likeness (QED) is 0.0245. The zero-order valence-corrected chi connectivity index (χ0v) is 42.3. The molecule has 0 bridgehead atoms. The van der Waals surface area contributed by atoms with Crippen LogP contribution in [0.25, 0.3) is 0 Å². The number of carbonyl (C=O) groups excluding carboxylic acids is 2. The second kappa shape index (κ2) is 52.0. The van der Waals surface area contributed by atoms with E-state index in [1.54, 1.807) is 6.08 Å². The van der Waals surface area contributed by atoms with Gasteiger partial charge in [0.05, 0.1) is 25.2 Å². The number of ether oxygens (including phenoxy) is 1. The van der Waals surface area contributed by atoms with Crippen molar-refractivity contribution in [1.82, 2.24) is 5.32 Å². The molecule has 0 rings (SSSR count). The van der Waals surface area contributed by atoms with Gasteiger partial charge in [-0.3, -0.25) is 9.59 Å². The molecule has 0 saturated carbocycles. The van der Waals surface area contributed by atoms with E-state index in [2.05, 4.69) is 86.8 Å². The Balaban J connectivity index is 4.80. The molecule has 0 aliphatic rings. The maximum absolute atomic E-state index is 13.2. The number of rotatable bonds is 45. The maximum Gasteiger partial charge on any atom is 0.306 e. The molecule has 0 aromatic carbocycles. The highest BCUT2D eigenvalue weighted by atomic mass is 16.5. The summed E-state index contributed by atoms with van der Waals surface area (Å²) < 4.78 is 5.80. The molecule has 6 nitrogen and oxygen atoms in total. The zero-order chi connectivity index (χ0) is 48.1. The van der Waals surface area contributed by atoms with Crippen LogP contribution in [0.2, 0.25) is 0 Å². The van der Waals surface area contributed by atoms with E-state index in [0.717, 1.165) is 70.6 Å². The van der Waals surface area contributed by atoms with Gasteiger partial charge in [-0.05, 0) is 70.3 Å². The fourth-order valence-electron chi connectivity index (χ4n) is 7.19. The van der Waals surface area contributed by atoms with E-state index in [9.17, 15) is 19.8 Å². The van der Waals surface area contributed by atoms with Gasteiger partial charge in [0, 0.05) is 6.42 Å². The maximum atomic E-state index is 13.2. The number of unbranched alkanes of at least 4 members (excludes halogenated alkanes) is 18. The fourth-order valence-corrected chi connectivity index (χ4v) is 7.19. The van der Waals surface area contributed by atoms with E-state index in [1.165, 1.54) is 83.5 Å². The van der Waals surface area contributed by atoms with E-state index >= 15 is 0 Å². The second-order valence-electron chi connectivity index (χ2n) is 17.3. The molecule has 0 aliphatic heterocycles. The van der Waals surface area contributed by atoms with Crippen LogP contribution in [0.1, 0.15) is 207 Å². The van der Waals surface area contributed by atoms with Crippen molar-refractivity contribution in [2.45, 2.75) is 225 Å². The third-order valence-corrected chi connectivity index (χ3v) is 11.1. The van der Waals surface area contributed by atoms with Gasteiger partial charge in [0.1, 0.15) is 6.10 Å². The lowest BCUT2D eigenvalue weighted by Gasteiger charge is -2.23. The largest absolute Gasteiger partial charge is 0.458 e. The lowest BCUT2D eigenvalue weighted by molar-refractivity contribution is -0.148. The topological polar surface area (TPSA) is 95.9 Å². The van der Waals surface area contributed by atoms with E-state index < -0.39 is 18.2 Å². The number of carbonyl (C=O) groups is 2. The van der Waals surface area contributed by atoms with Crippen molar-refractivity contribution in [1.29, 1.82) is 0 Å². The van der Waals surface area contributed by atoms with Gasteiger partial charge in [-0.25, -0.2) is 0 Å². The Kier molecular flexibility index (Phi) is 48.8. The van der Waals surface area contributed by atoms with Gasteiger partial charge >= 0.3 is 5.97 Å². The SMILES string of the molecule is CC\C=C/C=C/C=C/C=C\C=C\C=C\CCCCCC(=O)OC(/C=C/C/C=C/C/C=C/C/C=C/C/C=C/CC)CC(=O)NC(CO)C(O)CCCCCCCCCCCCCCCCCC. The minimum atomic E-state index is -0.837. The van der Waals surface area contributed by atoms with Crippen LogP contribution in [0.15, 0.2) is 134 Å². The number of hydrogen-bond donors (Lipinski definition) is 3. The van der Waals surface area contributed by atoms with Crippen molar-refractivity contribution < 1.29 is 24.5 Å². The van der Waals surface area contributed by atoms with Crippen LogP contribution in [-0.4, -0.2) is 46.9 Å². The zero-order valence-electron chi connectivity index (χ0n) is 42.3. The molecule has 0 aromatic heterocycles. The monoisotopic (exact) mass is 912 g/mol. The van der Waals surface area contributed by atoms with E-state index in [0.29, 0.717) is 19.3 Å². The van der Waals surface area contributed by atoms with Gasteiger partial charge in [-0.1, -0.05) is 258 Å². The molecule has 0 radical (unpaired) electrons. The Morgan fingerprint density at radius 1 is 0.485 bits per heavy atom. The van der Waals surface area contributed by atoms with Crippen LogP contribution in [0, 0.1) is 0 Å². The van der Waals surface area contributed by atoms with Crippen LogP contribution in [0.3, 0.4) is 0 Å². The highest BCUT2D eigenvalue weighted by Crippen LogP contribution is 2.16. The third-order valence-electron chi connectivity index (χ3n) is 11.1. The third kappa shape index (κ3) is 46.5. The van der Waals surface area contributed by atoms with Gasteiger partial charge in [-0.15, -0.1) is 0 Å². The first-order chi connectivity index (χ1) is 32.5. The van der Waals surface area contributed by atoms with Crippen molar-refractivity contribution >= 4 is 11.9 Å². The summed E-state index contributed by atoms with van der Waals surface area (Å²) in [6.07, 6.45) is 73.9. The van der Waals surface area contributed by atoms with E-state index in [-0.39, 0.29) is 31.3 Å². The molecule has 66 heavy (non-hydrogen) atoms. The van der Waals surface area contributed by atoms with Crippen molar-refractivity contribution in [3.63, 3.8) is 0 Å². The Morgan fingerprint density at radius 2 is 0.909 bits per heavy atom. The Hall–Kier alpha value is -4.00. The first-order valence-corrected chi connectivity index (χ1v) is 26.5. The van der Waals surface area contributed by atoms with Crippen LogP contribution >= 0.6 is 0 Å². The molecule has 0 saturated heterocycles. The normalized spacial score (nSPS) is 14.3. The Morgan fingerprint density at radius 3 is 1.39 bits per heavy atom. The number of aliphatic hydroxyl groups is 2. The molecule has 0 fully saturated rings. The lowest BCUT2D eigenvalue weighted by Crippen LogP contribution is -2.46. The summed E-state index contributed by atoms with van der Waals surface area (Å²) in [5, 5.41) is 23.7. The van der Waals surface area contributed by atoms with Crippen molar-refractivity contribution in [2.24, 2.45) is 0 Å². The summed E-state index contributed by atoms with van der Waals surface area (Å²) in [5.74, 6) is -0.693. The molecule has 0 spiro atoms. The molecule has 3 unspecified atom stereocenters. The standard InChI is InChI=1S/C60H97NO5/c1-4-7-10-13-16-19-22-25-28-30-32-35-38-41-44-47-50-53-60(65)66-56(51-48-45-42-39-36-33-27-24-21-18-15-12-9-6-3)54-59(64)61-57(55-62)58(63)52-49-46-43-40-37-34-31-29-26-23-20-17-14-11-8-5-2/h7,9-10,12-13,16,18-19,21-22,25,27-28,30,32-33,35,38-39,42,48,51,56-58,62-63H,4-6,8,11,14-15,17,20,23-24,26,29,31,34,36-37,40-41,43-47,49-50,52-55H2,1-3H3,(H,61,64)/b10-7-,12-9+,16-13+,21-18+,22-19+,28-25-,32-30+,33-27+,38-35+,42-39+,51-48+. The molecule has 3 atom stereocenters. The molecule has 3 N–H and O–H groups in total. The summed E-state index contributed by atoms with van der Waals surface area (Å²) >= 11 is 0. The Bertz CT molecular complexity index is 1440. The number of aliphatic hydroxyl groups excluding tert-OH is 2. The number of nitrogens with one attached hydrogen (secondary N) is 1. The molecule has 0 aliphatic carbocycles. The van der Waals surface area contributed by atoms with Crippen LogP contribution in [0.4, 0.5) is 0 Å². The van der Waals surface area contributed by atoms with E-state index in [1.807, 2.05) is 66.8 Å². The first kappa shape index (κ1) is 62.0. The van der Waals surface area contributed by atoms with E-state index in [4.69, 9.17) is 4.74 Å². The lowest BCUT2D eigenvalue weighted by atomic mass is 10.0. The fraction of sp³-hybridized carbons (Fsp3) is 0.600. The molecule has 1 amide bonds. The summed E-state index contributed by atoms with van der Waals surface area (Å²) in [6, 6.07) is -0.762. The molecular weight excluding hydrogens is 815 g/mol. The van der Waals surface area contributed by atoms with Gasteiger partial charge in [0.15, 0.2) is 0 Å². The van der Waals surface area contributed by atoms with Crippen LogP contribution in [-0.2, 0) is 14.3 Å². The minimum absolute atomic E-state index is 0.0732. The number of amides is 1. The van der Waals surface area contributed by atoms with Gasteiger partial charge < -0.3 is 20.3 Å². The smallest absolute Gasteiger partial charge is 0.306 e. The second-order valence-corrected chi connectivity index (χ2v) is 17.3. The molecule has 0 aromatic rings.